The number of benzene rings is 2. The molecule has 1 heterocycles. The molecule has 98 valence electrons. The minimum atomic E-state index is -0.214. The van der Waals surface area contributed by atoms with Crippen LogP contribution in [0, 0.1) is 5.41 Å². The maximum atomic E-state index is 5.91. The van der Waals surface area contributed by atoms with Gasteiger partial charge in [0, 0.05) is 5.41 Å². The standard InChI is InChI=1S/C17H18O2/c1-17(2,3)16-18-14-10-9-13(11-15(14)19-16)12-7-5-4-6-8-12/h4-11,16H,1-3H3. The maximum Gasteiger partial charge on any atom is 0.246 e. The van der Waals surface area contributed by atoms with Crippen molar-refractivity contribution < 1.29 is 9.47 Å². The van der Waals surface area contributed by atoms with Crippen LogP contribution in [0.3, 0.4) is 0 Å². The monoisotopic (exact) mass is 254 g/mol. The number of fused-ring (bicyclic) bond motifs is 1. The Morgan fingerprint density at radius 2 is 1.47 bits per heavy atom. The summed E-state index contributed by atoms with van der Waals surface area (Å²) in [6.45, 7) is 6.34. The molecule has 1 aliphatic heterocycles. The lowest BCUT2D eigenvalue weighted by Gasteiger charge is -2.24. The summed E-state index contributed by atoms with van der Waals surface area (Å²) >= 11 is 0. The summed E-state index contributed by atoms with van der Waals surface area (Å²) in [6.07, 6.45) is -0.214. The van der Waals surface area contributed by atoms with Crippen molar-refractivity contribution in [2.24, 2.45) is 5.41 Å². The summed E-state index contributed by atoms with van der Waals surface area (Å²) < 4.78 is 11.8. The normalized spacial score (nSPS) is 17.5. The molecule has 2 aromatic carbocycles. The van der Waals surface area contributed by atoms with E-state index in [9.17, 15) is 0 Å². The summed E-state index contributed by atoms with van der Waals surface area (Å²) in [4.78, 5) is 0. The van der Waals surface area contributed by atoms with Crippen molar-refractivity contribution in [3.8, 4) is 22.6 Å². The Morgan fingerprint density at radius 1 is 0.789 bits per heavy atom. The highest BCUT2D eigenvalue weighted by Crippen LogP contribution is 2.41. The topological polar surface area (TPSA) is 18.5 Å². The zero-order valence-electron chi connectivity index (χ0n) is 11.5. The lowest BCUT2D eigenvalue weighted by Crippen LogP contribution is -2.33. The van der Waals surface area contributed by atoms with Crippen molar-refractivity contribution in [1.82, 2.24) is 0 Å². The van der Waals surface area contributed by atoms with Crippen LogP contribution in [0.5, 0.6) is 11.5 Å². The largest absolute Gasteiger partial charge is 0.450 e. The highest BCUT2D eigenvalue weighted by Gasteiger charge is 2.34. The van der Waals surface area contributed by atoms with Crippen LogP contribution in [0.25, 0.3) is 11.1 Å². The summed E-state index contributed by atoms with van der Waals surface area (Å²) in [5.74, 6) is 1.67. The highest BCUT2D eigenvalue weighted by atomic mass is 16.7. The average molecular weight is 254 g/mol. The maximum absolute atomic E-state index is 5.91. The van der Waals surface area contributed by atoms with Crippen molar-refractivity contribution in [3.63, 3.8) is 0 Å². The second-order valence-electron chi connectivity index (χ2n) is 5.96. The summed E-state index contributed by atoms with van der Waals surface area (Å²) in [5.41, 5.74) is 2.30. The molecule has 0 N–H and O–H groups in total. The molecular weight excluding hydrogens is 236 g/mol. The Bertz CT molecular complexity index is 582. The summed E-state index contributed by atoms with van der Waals surface area (Å²) in [5, 5.41) is 0. The van der Waals surface area contributed by atoms with E-state index in [4.69, 9.17) is 9.47 Å². The van der Waals surface area contributed by atoms with E-state index in [1.807, 2.05) is 24.3 Å². The van der Waals surface area contributed by atoms with Crippen LogP contribution in [0.15, 0.2) is 48.5 Å². The molecule has 0 saturated heterocycles. The van der Waals surface area contributed by atoms with Gasteiger partial charge in [-0.15, -0.1) is 0 Å². The number of hydrogen-bond acceptors (Lipinski definition) is 2. The fraction of sp³-hybridized carbons (Fsp3) is 0.294. The first-order valence-electron chi connectivity index (χ1n) is 6.57. The van der Waals surface area contributed by atoms with Gasteiger partial charge in [-0.1, -0.05) is 57.2 Å². The number of ether oxygens (including phenoxy) is 2. The Kier molecular flexibility index (Phi) is 2.74. The van der Waals surface area contributed by atoms with Crippen LogP contribution < -0.4 is 9.47 Å². The van der Waals surface area contributed by atoms with E-state index in [2.05, 4.69) is 45.0 Å². The van der Waals surface area contributed by atoms with Crippen molar-refractivity contribution in [1.29, 1.82) is 0 Å². The zero-order chi connectivity index (χ0) is 13.5. The van der Waals surface area contributed by atoms with Crippen LogP contribution in [-0.4, -0.2) is 6.29 Å². The smallest absolute Gasteiger partial charge is 0.246 e. The molecule has 0 fully saturated rings. The lowest BCUT2D eigenvalue weighted by atomic mass is 9.96. The van der Waals surface area contributed by atoms with E-state index < -0.39 is 0 Å². The van der Waals surface area contributed by atoms with Crippen molar-refractivity contribution in [3.05, 3.63) is 48.5 Å². The quantitative estimate of drug-likeness (QED) is 0.746. The second-order valence-corrected chi connectivity index (χ2v) is 5.96. The molecule has 0 bridgehead atoms. The Hall–Kier alpha value is -1.96. The van der Waals surface area contributed by atoms with Gasteiger partial charge in [0.15, 0.2) is 11.5 Å². The van der Waals surface area contributed by atoms with E-state index in [-0.39, 0.29) is 11.7 Å². The number of rotatable bonds is 1. The Balaban J connectivity index is 1.92. The van der Waals surface area contributed by atoms with Gasteiger partial charge in [0.2, 0.25) is 6.29 Å². The van der Waals surface area contributed by atoms with Crippen LogP contribution >= 0.6 is 0 Å². The third-order valence-corrected chi connectivity index (χ3v) is 3.23. The van der Waals surface area contributed by atoms with Gasteiger partial charge in [-0.2, -0.15) is 0 Å². The molecule has 0 spiro atoms. The van der Waals surface area contributed by atoms with E-state index in [1.165, 1.54) is 5.56 Å². The lowest BCUT2D eigenvalue weighted by molar-refractivity contribution is -0.0396. The SMILES string of the molecule is CC(C)(C)C1Oc2ccc(-c3ccccc3)cc2O1. The predicted molar refractivity (Wildman–Crippen MR) is 76.4 cm³/mol. The molecule has 1 aliphatic rings. The molecule has 2 aromatic rings. The van der Waals surface area contributed by atoms with Gasteiger partial charge in [0.05, 0.1) is 0 Å². The van der Waals surface area contributed by atoms with Crippen molar-refractivity contribution >= 4 is 0 Å². The molecule has 0 saturated carbocycles. The molecule has 19 heavy (non-hydrogen) atoms. The Labute approximate surface area is 114 Å². The van der Waals surface area contributed by atoms with Gasteiger partial charge in [-0.25, -0.2) is 0 Å². The van der Waals surface area contributed by atoms with E-state index in [0.29, 0.717) is 0 Å². The average Bonchev–Trinajstić information content (AvgIpc) is 2.82. The molecule has 1 unspecified atom stereocenters. The molecule has 0 amide bonds. The number of hydrogen-bond donors (Lipinski definition) is 0. The van der Waals surface area contributed by atoms with Gasteiger partial charge in [0.25, 0.3) is 0 Å². The minimum Gasteiger partial charge on any atom is -0.450 e. The van der Waals surface area contributed by atoms with Crippen LogP contribution in [0.4, 0.5) is 0 Å². The van der Waals surface area contributed by atoms with Crippen LogP contribution in [-0.2, 0) is 0 Å². The van der Waals surface area contributed by atoms with Crippen LogP contribution in [0.2, 0.25) is 0 Å². The second kappa shape index (κ2) is 4.30. The minimum absolute atomic E-state index is 0.0358. The molecule has 2 nitrogen and oxygen atoms in total. The molecule has 0 radical (unpaired) electrons. The molecule has 0 aromatic heterocycles. The van der Waals surface area contributed by atoms with E-state index in [0.717, 1.165) is 17.1 Å². The first-order chi connectivity index (χ1) is 9.04. The van der Waals surface area contributed by atoms with Gasteiger partial charge in [0.1, 0.15) is 0 Å². The third kappa shape index (κ3) is 2.30. The fourth-order valence-corrected chi connectivity index (χ4v) is 2.12. The van der Waals surface area contributed by atoms with Crippen LogP contribution in [0.1, 0.15) is 20.8 Å². The van der Waals surface area contributed by atoms with Crippen molar-refractivity contribution in [2.75, 3.05) is 0 Å². The molecule has 3 rings (SSSR count). The molecular formula is C17H18O2. The van der Waals surface area contributed by atoms with Crippen molar-refractivity contribution in [2.45, 2.75) is 27.1 Å². The van der Waals surface area contributed by atoms with Gasteiger partial charge < -0.3 is 9.47 Å². The van der Waals surface area contributed by atoms with E-state index >= 15 is 0 Å². The van der Waals surface area contributed by atoms with E-state index in [1.54, 1.807) is 0 Å². The zero-order valence-corrected chi connectivity index (χ0v) is 11.5. The summed E-state index contributed by atoms with van der Waals surface area (Å²) in [7, 11) is 0. The molecule has 0 aliphatic carbocycles. The predicted octanol–water partition coefficient (Wildman–Crippen LogP) is 4.50. The van der Waals surface area contributed by atoms with Gasteiger partial charge in [-0.3, -0.25) is 0 Å². The first-order valence-corrected chi connectivity index (χ1v) is 6.57. The third-order valence-electron chi connectivity index (χ3n) is 3.23. The Morgan fingerprint density at radius 3 is 2.16 bits per heavy atom. The fourth-order valence-electron chi connectivity index (χ4n) is 2.12. The van der Waals surface area contributed by atoms with Gasteiger partial charge >= 0.3 is 0 Å². The summed E-state index contributed by atoms with van der Waals surface area (Å²) in [6, 6.07) is 16.4. The molecule has 1 atom stereocenters. The molecule has 2 heteroatoms. The van der Waals surface area contributed by atoms with Gasteiger partial charge in [-0.05, 0) is 23.3 Å². The first kappa shape index (κ1) is 12.1. The highest BCUT2D eigenvalue weighted by molar-refractivity contribution is 5.67.